The molecule has 2 aromatic carbocycles. The molecule has 2 aromatic rings. The summed E-state index contributed by atoms with van der Waals surface area (Å²) in [4.78, 5) is 11.9. The predicted molar refractivity (Wildman–Crippen MR) is 94.1 cm³/mol. The van der Waals surface area contributed by atoms with E-state index in [0.717, 1.165) is 22.6 Å². The predicted octanol–water partition coefficient (Wildman–Crippen LogP) is 3.22. The molecule has 0 radical (unpaired) electrons. The zero-order valence-corrected chi connectivity index (χ0v) is 14.0. The molecule has 0 heterocycles. The van der Waals surface area contributed by atoms with E-state index >= 15 is 0 Å². The lowest BCUT2D eigenvalue weighted by Gasteiger charge is -2.14. The van der Waals surface area contributed by atoms with Gasteiger partial charge in [0.25, 0.3) is 0 Å². The third-order valence-electron chi connectivity index (χ3n) is 3.54. The van der Waals surface area contributed by atoms with Gasteiger partial charge in [0, 0.05) is 5.69 Å². The molecule has 0 aliphatic carbocycles. The first kappa shape index (κ1) is 16.9. The van der Waals surface area contributed by atoms with E-state index in [1.54, 1.807) is 0 Å². The lowest BCUT2D eigenvalue weighted by Crippen LogP contribution is -2.33. The second-order valence-corrected chi connectivity index (χ2v) is 5.64. The number of rotatable bonds is 7. The van der Waals surface area contributed by atoms with E-state index in [0.29, 0.717) is 13.2 Å². The van der Waals surface area contributed by atoms with Gasteiger partial charge in [0.1, 0.15) is 12.4 Å². The van der Waals surface area contributed by atoms with E-state index in [2.05, 4.69) is 29.7 Å². The standard InChI is InChI=1S/C19H24N2O2/c1-14-11-15(2)19(16(3)12-14)21-13-18(22)20-9-10-23-17-7-5-4-6-8-17/h4-8,11-12,21H,9-10,13H2,1-3H3,(H,20,22). The van der Waals surface area contributed by atoms with Gasteiger partial charge in [-0.3, -0.25) is 4.79 Å². The second-order valence-electron chi connectivity index (χ2n) is 5.64. The minimum Gasteiger partial charge on any atom is -0.492 e. The summed E-state index contributed by atoms with van der Waals surface area (Å²) in [6.45, 7) is 7.38. The van der Waals surface area contributed by atoms with Crippen LogP contribution in [-0.4, -0.2) is 25.6 Å². The van der Waals surface area contributed by atoms with Gasteiger partial charge in [-0.1, -0.05) is 35.9 Å². The molecule has 4 nitrogen and oxygen atoms in total. The number of hydrogen-bond acceptors (Lipinski definition) is 3. The molecule has 0 aliphatic heterocycles. The van der Waals surface area contributed by atoms with E-state index in [1.165, 1.54) is 5.56 Å². The second kappa shape index (κ2) is 8.22. The Hall–Kier alpha value is -2.49. The quantitative estimate of drug-likeness (QED) is 0.772. The monoisotopic (exact) mass is 312 g/mol. The largest absolute Gasteiger partial charge is 0.492 e. The van der Waals surface area contributed by atoms with Crippen molar-refractivity contribution in [3.05, 3.63) is 59.2 Å². The highest BCUT2D eigenvalue weighted by molar-refractivity contribution is 5.81. The van der Waals surface area contributed by atoms with Gasteiger partial charge >= 0.3 is 0 Å². The van der Waals surface area contributed by atoms with Gasteiger partial charge in [-0.05, 0) is 44.0 Å². The van der Waals surface area contributed by atoms with Crippen LogP contribution in [0.3, 0.4) is 0 Å². The number of nitrogens with one attached hydrogen (secondary N) is 2. The number of amides is 1. The highest BCUT2D eigenvalue weighted by Gasteiger charge is 2.06. The Balaban J connectivity index is 1.71. The van der Waals surface area contributed by atoms with Crippen molar-refractivity contribution in [2.24, 2.45) is 0 Å². The zero-order chi connectivity index (χ0) is 16.7. The summed E-state index contributed by atoms with van der Waals surface area (Å²) in [6.07, 6.45) is 0. The molecule has 1 amide bonds. The zero-order valence-electron chi connectivity index (χ0n) is 14.0. The molecule has 0 unspecified atom stereocenters. The molecule has 0 atom stereocenters. The third kappa shape index (κ3) is 5.33. The summed E-state index contributed by atoms with van der Waals surface area (Å²) in [5.74, 6) is 0.770. The summed E-state index contributed by atoms with van der Waals surface area (Å²) in [6, 6.07) is 13.8. The van der Waals surface area contributed by atoms with Gasteiger partial charge < -0.3 is 15.4 Å². The first-order chi connectivity index (χ1) is 11.1. The average Bonchev–Trinajstić information content (AvgIpc) is 2.51. The number of anilines is 1. The SMILES string of the molecule is Cc1cc(C)c(NCC(=O)NCCOc2ccccc2)c(C)c1. The Kier molecular flexibility index (Phi) is 6.03. The van der Waals surface area contributed by atoms with Crippen molar-refractivity contribution < 1.29 is 9.53 Å². The summed E-state index contributed by atoms with van der Waals surface area (Å²) in [7, 11) is 0. The van der Waals surface area contributed by atoms with Gasteiger partial charge in [-0.2, -0.15) is 0 Å². The van der Waals surface area contributed by atoms with Crippen LogP contribution in [0.2, 0.25) is 0 Å². The van der Waals surface area contributed by atoms with Crippen molar-refractivity contribution in [3.8, 4) is 5.75 Å². The molecule has 0 aromatic heterocycles. The molecule has 0 bridgehead atoms. The molecule has 122 valence electrons. The van der Waals surface area contributed by atoms with Crippen molar-refractivity contribution in [2.75, 3.05) is 25.0 Å². The number of hydrogen-bond donors (Lipinski definition) is 2. The molecule has 4 heteroatoms. The molecule has 0 fully saturated rings. The molecular weight excluding hydrogens is 288 g/mol. The fraction of sp³-hybridized carbons (Fsp3) is 0.316. The van der Waals surface area contributed by atoms with Gasteiger partial charge in [0.2, 0.25) is 5.91 Å². The fourth-order valence-corrected chi connectivity index (χ4v) is 2.57. The van der Waals surface area contributed by atoms with Crippen molar-refractivity contribution in [1.82, 2.24) is 5.32 Å². The van der Waals surface area contributed by atoms with E-state index in [9.17, 15) is 4.79 Å². The van der Waals surface area contributed by atoms with Gasteiger partial charge in [0.05, 0.1) is 13.1 Å². The van der Waals surface area contributed by atoms with Gasteiger partial charge in [-0.15, -0.1) is 0 Å². The fourth-order valence-electron chi connectivity index (χ4n) is 2.57. The number of para-hydroxylation sites is 1. The Bertz CT molecular complexity index is 631. The maximum atomic E-state index is 11.9. The first-order valence-corrected chi connectivity index (χ1v) is 7.82. The van der Waals surface area contributed by atoms with Crippen molar-refractivity contribution >= 4 is 11.6 Å². The lowest BCUT2D eigenvalue weighted by molar-refractivity contribution is -0.119. The van der Waals surface area contributed by atoms with Gasteiger partial charge in [0.15, 0.2) is 0 Å². The molecule has 23 heavy (non-hydrogen) atoms. The van der Waals surface area contributed by atoms with Crippen molar-refractivity contribution in [2.45, 2.75) is 20.8 Å². The van der Waals surface area contributed by atoms with Crippen LogP contribution in [0.15, 0.2) is 42.5 Å². The van der Waals surface area contributed by atoms with Crippen LogP contribution in [0.5, 0.6) is 5.75 Å². The van der Waals surface area contributed by atoms with Crippen LogP contribution in [0.1, 0.15) is 16.7 Å². The topological polar surface area (TPSA) is 50.4 Å². The van der Waals surface area contributed by atoms with Crippen LogP contribution < -0.4 is 15.4 Å². The van der Waals surface area contributed by atoms with Crippen LogP contribution in [-0.2, 0) is 4.79 Å². The summed E-state index contributed by atoms with van der Waals surface area (Å²) >= 11 is 0. The molecule has 2 N–H and O–H groups in total. The molecular formula is C19H24N2O2. The maximum Gasteiger partial charge on any atom is 0.239 e. The van der Waals surface area contributed by atoms with Crippen molar-refractivity contribution in [3.63, 3.8) is 0 Å². The average molecular weight is 312 g/mol. The normalized spacial score (nSPS) is 10.2. The molecule has 0 saturated carbocycles. The number of carbonyl (C=O) groups excluding carboxylic acids is 1. The maximum absolute atomic E-state index is 11.9. The molecule has 0 saturated heterocycles. The Morgan fingerprint density at radius 3 is 2.35 bits per heavy atom. The highest BCUT2D eigenvalue weighted by atomic mass is 16.5. The van der Waals surface area contributed by atoms with Crippen molar-refractivity contribution in [1.29, 1.82) is 0 Å². The smallest absolute Gasteiger partial charge is 0.239 e. The minimum absolute atomic E-state index is 0.0407. The first-order valence-electron chi connectivity index (χ1n) is 7.82. The van der Waals surface area contributed by atoms with Crippen LogP contribution in [0.25, 0.3) is 0 Å². The summed E-state index contributed by atoms with van der Waals surface area (Å²) < 4.78 is 5.54. The van der Waals surface area contributed by atoms with Crippen LogP contribution in [0, 0.1) is 20.8 Å². The molecule has 0 spiro atoms. The van der Waals surface area contributed by atoms with Crippen LogP contribution >= 0.6 is 0 Å². The van der Waals surface area contributed by atoms with E-state index in [4.69, 9.17) is 4.74 Å². The summed E-state index contributed by atoms with van der Waals surface area (Å²) in [5.41, 5.74) is 4.57. The van der Waals surface area contributed by atoms with E-state index < -0.39 is 0 Å². The molecule has 0 aliphatic rings. The highest BCUT2D eigenvalue weighted by Crippen LogP contribution is 2.21. The number of aryl methyl sites for hydroxylation is 3. The Labute approximate surface area is 137 Å². The number of carbonyl (C=O) groups is 1. The van der Waals surface area contributed by atoms with E-state index in [-0.39, 0.29) is 12.5 Å². The number of ether oxygens (including phenoxy) is 1. The summed E-state index contributed by atoms with van der Waals surface area (Å²) in [5, 5.41) is 6.06. The van der Waals surface area contributed by atoms with Crippen LogP contribution in [0.4, 0.5) is 5.69 Å². The third-order valence-corrected chi connectivity index (χ3v) is 3.54. The Morgan fingerprint density at radius 1 is 1.04 bits per heavy atom. The lowest BCUT2D eigenvalue weighted by atomic mass is 10.1. The number of benzene rings is 2. The Morgan fingerprint density at radius 2 is 1.70 bits per heavy atom. The molecule has 2 rings (SSSR count). The van der Waals surface area contributed by atoms with E-state index in [1.807, 2.05) is 44.2 Å². The van der Waals surface area contributed by atoms with Gasteiger partial charge in [-0.25, -0.2) is 0 Å². The minimum atomic E-state index is -0.0407.